The molecule has 0 saturated heterocycles. The van der Waals surface area contributed by atoms with E-state index in [4.69, 9.17) is 5.73 Å². The Labute approximate surface area is 165 Å². The summed E-state index contributed by atoms with van der Waals surface area (Å²) in [5, 5.41) is 12.3. The van der Waals surface area contributed by atoms with Crippen LogP contribution in [0.25, 0.3) is 11.1 Å². The fourth-order valence-electron chi connectivity index (χ4n) is 2.66. The summed E-state index contributed by atoms with van der Waals surface area (Å²) >= 11 is 0. The molecule has 3 aromatic rings. The van der Waals surface area contributed by atoms with Gasteiger partial charge >= 0.3 is 6.61 Å². The summed E-state index contributed by atoms with van der Waals surface area (Å²) in [5.74, 6) is -0.920. The third kappa shape index (κ3) is 5.23. The van der Waals surface area contributed by atoms with Gasteiger partial charge in [0.15, 0.2) is 0 Å². The van der Waals surface area contributed by atoms with E-state index in [0.29, 0.717) is 22.8 Å². The molecular weight excluding hydrogens is 382 g/mol. The van der Waals surface area contributed by atoms with Crippen molar-refractivity contribution in [1.82, 2.24) is 9.97 Å². The lowest BCUT2D eigenvalue weighted by molar-refractivity contribution is -0.120. The van der Waals surface area contributed by atoms with Crippen LogP contribution < -0.4 is 15.8 Å². The van der Waals surface area contributed by atoms with Gasteiger partial charge in [-0.1, -0.05) is 24.3 Å². The summed E-state index contributed by atoms with van der Waals surface area (Å²) in [4.78, 5) is 19.8. The lowest BCUT2D eigenvalue weighted by atomic mass is 9.99. The molecule has 1 heterocycles. The van der Waals surface area contributed by atoms with Gasteiger partial charge in [0.05, 0.1) is 12.5 Å². The number of aliphatic hydroxyl groups is 1. The summed E-state index contributed by atoms with van der Waals surface area (Å²) in [6.07, 6.45) is 3.20. The maximum Gasteiger partial charge on any atom is 0.387 e. The first-order valence-corrected chi connectivity index (χ1v) is 8.60. The summed E-state index contributed by atoms with van der Waals surface area (Å²) in [7, 11) is 0. The van der Waals surface area contributed by atoms with Gasteiger partial charge in [0.1, 0.15) is 5.75 Å². The molecule has 4 N–H and O–H groups in total. The van der Waals surface area contributed by atoms with Gasteiger partial charge in [0.2, 0.25) is 11.9 Å². The second-order valence-corrected chi connectivity index (χ2v) is 6.08. The Bertz CT molecular complexity index is 949. The van der Waals surface area contributed by atoms with Crippen molar-refractivity contribution in [2.24, 2.45) is 5.73 Å². The topological polar surface area (TPSA) is 110 Å². The van der Waals surface area contributed by atoms with E-state index >= 15 is 0 Å². The first-order chi connectivity index (χ1) is 14.0. The van der Waals surface area contributed by atoms with Crippen molar-refractivity contribution in [2.45, 2.75) is 12.5 Å². The van der Waals surface area contributed by atoms with Gasteiger partial charge in [-0.2, -0.15) is 8.78 Å². The Morgan fingerprint density at radius 2 is 1.66 bits per heavy atom. The Balaban J connectivity index is 1.67. The van der Waals surface area contributed by atoms with Gasteiger partial charge in [-0.05, 0) is 35.4 Å². The maximum atomic E-state index is 12.2. The normalized spacial score (nSPS) is 11.9. The fourth-order valence-corrected chi connectivity index (χ4v) is 2.66. The highest BCUT2D eigenvalue weighted by atomic mass is 19.3. The number of ether oxygens (including phenoxy) is 1. The molecule has 1 atom stereocenters. The van der Waals surface area contributed by atoms with Crippen LogP contribution in [0.3, 0.4) is 0 Å². The number of aromatic nitrogens is 2. The van der Waals surface area contributed by atoms with Crippen molar-refractivity contribution in [1.29, 1.82) is 0 Å². The first kappa shape index (κ1) is 20.2. The van der Waals surface area contributed by atoms with Gasteiger partial charge in [-0.15, -0.1) is 0 Å². The highest BCUT2D eigenvalue weighted by Crippen LogP contribution is 2.24. The average Bonchev–Trinajstić information content (AvgIpc) is 2.70. The average molecular weight is 400 g/mol. The van der Waals surface area contributed by atoms with Crippen molar-refractivity contribution in [3.63, 3.8) is 0 Å². The summed E-state index contributed by atoms with van der Waals surface area (Å²) in [5.41, 5.74) is 8.02. The standard InChI is InChI=1S/C20H18F2N4O3/c21-19(22)29-16-7-3-12(4-8-16)14-9-24-20(25-10-14)26-15-5-1-13(2-6-15)17(11-27)18(23)28/h1-10,17,19,27H,11H2,(H2,23,28)(H,24,25,26)/t17-/m1/s1. The van der Waals surface area contributed by atoms with E-state index in [2.05, 4.69) is 20.0 Å². The number of nitrogens with two attached hydrogens (primary N) is 1. The zero-order valence-corrected chi connectivity index (χ0v) is 15.1. The van der Waals surface area contributed by atoms with Gasteiger partial charge < -0.3 is 20.9 Å². The van der Waals surface area contributed by atoms with Crippen LogP contribution in [-0.2, 0) is 4.79 Å². The number of benzene rings is 2. The minimum Gasteiger partial charge on any atom is -0.435 e. The first-order valence-electron chi connectivity index (χ1n) is 8.60. The molecule has 0 saturated carbocycles. The second kappa shape index (κ2) is 9.07. The Kier molecular flexibility index (Phi) is 6.30. The Hall–Kier alpha value is -3.59. The van der Waals surface area contributed by atoms with Crippen LogP contribution in [0.2, 0.25) is 0 Å². The minimum absolute atomic E-state index is 0.0752. The van der Waals surface area contributed by atoms with E-state index in [0.717, 1.165) is 5.56 Å². The number of anilines is 2. The molecule has 0 aliphatic rings. The third-order valence-corrected chi connectivity index (χ3v) is 4.16. The molecule has 0 bridgehead atoms. The van der Waals surface area contributed by atoms with Gasteiger partial charge in [0.25, 0.3) is 0 Å². The number of nitrogens with zero attached hydrogens (tertiary/aromatic N) is 2. The second-order valence-electron chi connectivity index (χ2n) is 6.08. The number of halogens is 2. The monoisotopic (exact) mass is 400 g/mol. The number of hydrogen-bond acceptors (Lipinski definition) is 6. The van der Waals surface area contributed by atoms with Crippen molar-refractivity contribution in [3.8, 4) is 16.9 Å². The molecule has 1 aromatic heterocycles. The summed E-state index contributed by atoms with van der Waals surface area (Å²) in [6, 6.07) is 13.0. The number of aliphatic hydroxyl groups excluding tert-OH is 1. The molecule has 2 aromatic carbocycles. The highest BCUT2D eigenvalue weighted by Gasteiger charge is 2.16. The Morgan fingerprint density at radius 1 is 1.03 bits per heavy atom. The molecule has 0 unspecified atom stereocenters. The summed E-state index contributed by atoms with van der Waals surface area (Å²) < 4.78 is 28.7. The van der Waals surface area contributed by atoms with Gasteiger partial charge in [-0.25, -0.2) is 9.97 Å². The smallest absolute Gasteiger partial charge is 0.387 e. The molecule has 0 spiro atoms. The van der Waals surface area contributed by atoms with Crippen LogP contribution in [0, 0.1) is 0 Å². The van der Waals surface area contributed by atoms with Gasteiger partial charge in [0, 0.05) is 23.6 Å². The quantitative estimate of drug-likeness (QED) is 0.536. The van der Waals surface area contributed by atoms with E-state index in [1.807, 2.05) is 0 Å². The molecule has 0 aliphatic heterocycles. The van der Waals surface area contributed by atoms with Crippen LogP contribution in [0.15, 0.2) is 60.9 Å². The number of alkyl halides is 2. The maximum absolute atomic E-state index is 12.2. The highest BCUT2D eigenvalue weighted by molar-refractivity contribution is 5.82. The van der Waals surface area contributed by atoms with Crippen LogP contribution in [0.5, 0.6) is 5.75 Å². The molecule has 0 radical (unpaired) electrons. The van der Waals surface area contributed by atoms with Crippen LogP contribution >= 0.6 is 0 Å². The third-order valence-electron chi connectivity index (χ3n) is 4.16. The fraction of sp³-hybridized carbons (Fsp3) is 0.150. The van der Waals surface area contributed by atoms with E-state index in [-0.39, 0.29) is 12.4 Å². The number of nitrogens with one attached hydrogen (secondary N) is 1. The van der Waals surface area contributed by atoms with E-state index in [1.165, 1.54) is 12.1 Å². The molecule has 0 aliphatic carbocycles. The van der Waals surface area contributed by atoms with Crippen LogP contribution in [0.1, 0.15) is 11.5 Å². The number of primary amides is 1. The number of rotatable bonds is 8. The van der Waals surface area contributed by atoms with Crippen molar-refractivity contribution >= 4 is 17.5 Å². The van der Waals surface area contributed by atoms with Crippen LogP contribution in [-0.4, -0.2) is 34.2 Å². The SMILES string of the molecule is NC(=O)[C@H](CO)c1ccc(Nc2ncc(-c3ccc(OC(F)F)cc3)cn2)cc1. The molecular formula is C20H18F2N4O3. The molecule has 29 heavy (non-hydrogen) atoms. The zero-order valence-electron chi connectivity index (χ0n) is 15.1. The number of amides is 1. The molecule has 1 amide bonds. The minimum atomic E-state index is -2.87. The predicted molar refractivity (Wildman–Crippen MR) is 103 cm³/mol. The molecule has 3 rings (SSSR count). The van der Waals surface area contributed by atoms with E-state index in [9.17, 15) is 18.7 Å². The molecule has 150 valence electrons. The molecule has 7 nitrogen and oxygen atoms in total. The van der Waals surface area contributed by atoms with Crippen molar-refractivity contribution in [3.05, 3.63) is 66.5 Å². The lowest BCUT2D eigenvalue weighted by Gasteiger charge is -2.11. The van der Waals surface area contributed by atoms with Crippen LogP contribution in [0.4, 0.5) is 20.4 Å². The summed E-state index contributed by atoms with van der Waals surface area (Å²) in [6.45, 7) is -3.23. The zero-order chi connectivity index (χ0) is 20.8. The molecule has 0 fully saturated rings. The van der Waals surface area contributed by atoms with E-state index in [1.54, 1.807) is 48.8 Å². The lowest BCUT2D eigenvalue weighted by Crippen LogP contribution is -2.24. The Morgan fingerprint density at radius 3 is 2.17 bits per heavy atom. The predicted octanol–water partition coefficient (Wildman–Crippen LogP) is 3.05. The van der Waals surface area contributed by atoms with E-state index < -0.39 is 18.4 Å². The largest absolute Gasteiger partial charge is 0.435 e. The number of hydrogen-bond donors (Lipinski definition) is 3. The number of carbonyl (C=O) groups is 1. The number of carbonyl (C=O) groups excluding carboxylic acids is 1. The van der Waals surface area contributed by atoms with Crippen molar-refractivity contribution < 1.29 is 23.4 Å². The van der Waals surface area contributed by atoms with Gasteiger partial charge in [-0.3, -0.25) is 4.79 Å². The molecule has 9 heteroatoms. The van der Waals surface area contributed by atoms with Crippen molar-refractivity contribution in [2.75, 3.05) is 11.9 Å².